The second kappa shape index (κ2) is 4.77. The van der Waals surface area contributed by atoms with Crippen LogP contribution < -0.4 is 0 Å². The van der Waals surface area contributed by atoms with Crippen molar-refractivity contribution >= 4 is 18.4 Å². The molecule has 68 valence electrons. The highest BCUT2D eigenvalue weighted by Crippen LogP contribution is 1.95. The molecule has 0 aliphatic heterocycles. The lowest BCUT2D eigenvalue weighted by Crippen LogP contribution is -2.04. The third-order valence-corrected chi connectivity index (χ3v) is 1.32. The summed E-state index contributed by atoms with van der Waals surface area (Å²) in [7, 11) is 0. The molecule has 0 saturated heterocycles. The molecule has 0 unspecified atom stereocenters. The van der Waals surface area contributed by atoms with Crippen molar-refractivity contribution < 1.29 is 9.90 Å². The van der Waals surface area contributed by atoms with Gasteiger partial charge in [-0.15, -0.1) is 12.4 Å². The standard InChI is InChI=1S/C7H10N2O2.ClH/c1-6-4-8-9(5-6)3-2-7(10)11;/h4-5H,2-3H2,1H3,(H,10,11);1H. The predicted molar refractivity (Wildman–Crippen MR) is 46.5 cm³/mol. The molecule has 1 heterocycles. The van der Waals surface area contributed by atoms with Crippen molar-refractivity contribution in [2.45, 2.75) is 19.9 Å². The second-order valence-corrected chi connectivity index (χ2v) is 2.42. The number of carboxylic acid groups (broad SMARTS) is 1. The van der Waals surface area contributed by atoms with Gasteiger partial charge < -0.3 is 5.11 Å². The highest BCUT2D eigenvalue weighted by molar-refractivity contribution is 5.85. The lowest BCUT2D eigenvalue weighted by Gasteiger charge is -1.95. The Bertz CT molecular complexity index is 260. The Labute approximate surface area is 76.6 Å². The van der Waals surface area contributed by atoms with E-state index in [0.717, 1.165) is 5.56 Å². The van der Waals surface area contributed by atoms with E-state index < -0.39 is 5.97 Å². The normalized spacial score (nSPS) is 9.08. The molecule has 0 aromatic carbocycles. The quantitative estimate of drug-likeness (QED) is 0.776. The van der Waals surface area contributed by atoms with Gasteiger partial charge in [-0.2, -0.15) is 5.10 Å². The molecule has 0 bridgehead atoms. The number of aryl methyl sites for hydroxylation is 2. The van der Waals surface area contributed by atoms with E-state index in [4.69, 9.17) is 5.11 Å². The molecule has 1 aromatic heterocycles. The summed E-state index contributed by atoms with van der Waals surface area (Å²) < 4.78 is 1.63. The fraction of sp³-hybridized carbons (Fsp3) is 0.429. The second-order valence-electron chi connectivity index (χ2n) is 2.42. The molecule has 1 N–H and O–H groups in total. The molecule has 0 aliphatic carbocycles. The molecule has 0 saturated carbocycles. The lowest BCUT2D eigenvalue weighted by atomic mass is 10.4. The predicted octanol–water partition coefficient (Wildman–Crippen LogP) is 1.09. The smallest absolute Gasteiger partial charge is 0.305 e. The van der Waals surface area contributed by atoms with E-state index in [0.29, 0.717) is 6.54 Å². The first-order chi connectivity index (χ1) is 5.18. The molecule has 1 aromatic rings. The Kier molecular flexibility index (Phi) is 4.36. The Hall–Kier alpha value is -1.03. The van der Waals surface area contributed by atoms with Gasteiger partial charge in [0.2, 0.25) is 0 Å². The summed E-state index contributed by atoms with van der Waals surface area (Å²) in [5, 5.41) is 12.3. The van der Waals surface area contributed by atoms with Crippen LogP contribution in [-0.4, -0.2) is 20.9 Å². The summed E-state index contributed by atoms with van der Waals surface area (Å²) in [6, 6.07) is 0. The number of hydrogen-bond acceptors (Lipinski definition) is 2. The third-order valence-electron chi connectivity index (χ3n) is 1.32. The maximum Gasteiger partial charge on any atom is 0.305 e. The van der Waals surface area contributed by atoms with E-state index in [1.807, 2.05) is 13.1 Å². The molecule has 0 fully saturated rings. The zero-order chi connectivity index (χ0) is 8.27. The Morgan fingerprint density at radius 1 is 1.75 bits per heavy atom. The van der Waals surface area contributed by atoms with Crippen molar-refractivity contribution in [3.05, 3.63) is 18.0 Å². The molecular formula is C7H11ClN2O2. The van der Waals surface area contributed by atoms with Gasteiger partial charge in [0.25, 0.3) is 0 Å². The minimum Gasteiger partial charge on any atom is -0.481 e. The number of aliphatic carboxylic acids is 1. The van der Waals surface area contributed by atoms with Gasteiger partial charge in [0.15, 0.2) is 0 Å². The first-order valence-corrected chi connectivity index (χ1v) is 3.39. The summed E-state index contributed by atoms with van der Waals surface area (Å²) in [6.45, 7) is 2.37. The van der Waals surface area contributed by atoms with Crippen molar-refractivity contribution in [2.24, 2.45) is 0 Å². The third kappa shape index (κ3) is 3.39. The Morgan fingerprint density at radius 3 is 2.83 bits per heavy atom. The Balaban J connectivity index is 0.00000121. The molecule has 1 rings (SSSR count). The van der Waals surface area contributed by atoms with Gasteiger partial charge in [0.1, 0.15) is 0 Å². The van der Waals surface area contributed by atoms with Crippen LogP contribution in [0.4, 0.5) is 0 Å². The van der Waals surface area contributed by atoms with Gasteiger partial charge >= 0.3 is 5.97 Å². The van der Waals surface area contributed by atoms with Crippen LogP contribution in [0.2, 0.25) is 0 Å². The van der Waals surface area contributed by atoms with Gasteiger partial charge in [-0.1, -0.05) is 0 Å². The van der Waals surface area contributed by atoms with E-state index in [9.17, 15) is 4.79 Å². The first kappa shape index (κ1) is 11.0. The summed E-state index contributed by atoms with van der Waals surface area (Å²) in [5.74, 6) is -0.793. The van der Waals surface area contributed by atoms with Crippen LogP contribution >= 0.6 is 12.4 Å². The Morgan fingerprint density at radius 2 is 2.42 bits per heavy atom. The fourth-order valence-electron chi connectivity index (χ4n) is 0.799. The van der Waals surface area contributed by atoms with Crippen LogP contribution in [0.1, 0.15) is 12.0 Å². The number of halogens is 1. The van der Waals surface area contributed by atoms with Crippen molar-refractivity contribution in [1.82, 2.24) is 9.78 Å². The number of aromatic nitrogens is 2. The monoisotopic (exact) mass is 190 g/mol. The van der Waals surface area contributed by atoms with Crippen molar-refractivity contribution in [3.63, 3.8) is 0 Å². The van der Waals surface area contributed by atoms with Crippen LogP contribution in [0.3, 0.4) is 0 Å². The van der Waals surface area contributed by atoms with E-state index >= 15 is 0 Å². The van der Waals surface area contributed by atoms with Gasteiger partial charge in [0, 0.05) is 6.20 Å². The summed E-state index contributed by atoms with van der Waals surface area (Å²) in [4.78, 5) is 10.1. The van der Waals surface area contributed by atoms with Crippen LogP contribution in [0.5, 0.6) is 0 Å². The highest BCUT2D eigenvalue weighted by atomic mass is 35.5. The van der Waals surface area contributed by atoms with Crippen LogP contribution in [0.25, 0.3) is 0 Å². The van der Waals surface area contributed by atoms with E-state index in [1.54, 1.807) is 10.9 Å². The molecule has 0 spiro atoms. The van der Waals surface area contributed by atoms with Crippen LogP contribution in [0, 0.1) is 6.92 Å². The topological polar surface area (TPSA) is 55.1 Å². The molecule has 12 heavy (non-hydrogen) atoms. The maximum atomic E-state index is 10.1. The van der Waals surface area contributed by atoms with Crippen LogP contribution in [0.15, 0.2) is 12.4 Å². The number of carboxylic acids is 1. The van der Waals surface area contributed by atoms with Gasteiger partial charge in [-0.25, -0.2) is 0 Å². The minimum absolute atomic E-state index is 0. The van der Waals surface area contributed by atoms with Gasteiger partial charge in [0.05, 0.1) is 19.2 Å². The van der Waals surface area contributed by atoms with E-state index in [-0.39, 0.29) is 18.8 Å². The molecule has 0 atom stereocenters. The lowest BCUT2D eigenvalue weighted by molar-refractivity contribution is -0.137. The summed E-state index contributed by atoms with van der Waals surface area (Å²) in [5.41, 5.74) is 1.05. The van der Waals surface area contributed by atoms with Crippen molar-refractivity contribution in [2.75, 3.05) is 0 Å². The molecule has 5 heteroatoms. The summed E-state index contributed by atoms with van der Waals surface area (Å²) >= 11 is 0. The SMILES string of the molecule is Cc1cnn(CCC(=O)O)c1.Cl. The first-order valence-electron chi connectivity index (χ1n) is 3.39. The maximum absolute atomic E-state index is 10.1. The number of hydrogen-bond donors (Lipinski definition) is 1. The number of nitrogens with zero attached hydrogens (tertiary/aromatic N) is 2. The van der Waals surface area contributed by atoms with Gasteiger partial charge in [-0.3, -0.25) is 9.48 Å². The summed E-state index contributed by atoms with van der Waals surface area (Å²) in [6.07, 6.45) is 3.66. The average molecular weight is 191 g/mol. The van der Waals surface area contributed by atoms with E-state index in [2.05, 4.69) is 5.10 Å². The number of carbonyl (C=O) groups is 1. The number of rotatable bonds is 3. The zero-order valence-electron chi connectivity index (χ0n) is 6.73. The molecule has 0 amide bonds. The zero-order valence-corrected chi connectivity index (χ0v) is 7.54. The van der Waals surface area contributed by atoms with Crippen LogP contribution in [-0.2, 0) is 11.3 Å². The molecule has 0 radical (unpaired) electrons. The molecular weight excluding hydrogens is 180 g/mol. The molecule has 0 aliphatic rings. The average Bonchev–Trinajstić information content (AvgIpc) is 2.31. The van der Waals surface area contributed by atoms with Crippen molar-refractivity contribution in [1.29, 1.82) is 0 Å². The van der Waals surface area contributed by atoms with Crippen molar-refractivity contribution in [3.8, 4) is 0 Å². The van der Waals surface area contributed by atoms with E-state index in [1.165, 1.54) is 0 Å². The fourth-order valence-corrected chi connectivity index (χ4v) is 0.799. The van der Waals surface area contributed by atoms with Gasteiger partial charge in [-0.05, 0) is 12.5 Å². The largest absolute Gasteiger partial charge is 0.481 e. The molecule has 4 nitrogen and oxygen atoms in total. The minimum atomic E-state index is -0.793. The highest BCUT2D eigenvalue weighted by Gasteiger charge is 1.98.